The van der Waals surface area contributed by atoms with Crippen molar-refractivity contribution in [3.8, 4) is 5.75 Å². The molecule has 0 saturated carbocycles. The number of amides is 2. The van der Waals surface area contributed by atoms with Gasteiger partial charge in [-0.1, -0.05) is 17.8 Å². The molecule has 0 bridgehead atoms. The van der Waals surface area contributed by atoms with E-state index in [1.807, 2.05) is 0 Å². The Hall–Kier alpha value is -2.53. The van der Waals surface area contributed by atoms with Crippen molar-refractivity contribution in [2.45, 2.75) is 19.3 Å². The fourth-order valence-electron chi connectivity index (χ4n) is 2.48. The lowest BCUT2D eigenvalue weighted by atomic mass is 10.3. The van der Waals surface area contributed by atoms with Gasteiger partial charge in [0.25, 0.3) is 5.69 Å². The van der Waals surface area contributed by atoms with E-state index in [4.69, 9.17) is 4.74 Å². The molecule has 1 aromatic carbocycles. The Labute approximate surface area is 147 Å². The molecule has 11 heteroatoms. The predicted molar refractivity (Wildman–Crippen MR) is 90.8 cm³/mol. The van der Waals surface area contributed by atoms with Crippen LogP contribution in [0.2, 0.25) is 0 Å². The van der Waals surface area contributed by atoms with Crippen LogP contribution in [0.4, 0.5) is 10.5 Å². The first-order valence-corrected chi connectivity index (χ1v) is 8.47. The van der Waals surface area contributed by atoms with Crippen molar-refractivity contribution in [3.05, 3.63) is 34.4 Å². The highest BCUT2D eigenvalue weighted by Crippen LogP contribution is 2.28. The molecule has 0 aliphatic carbocycles. The number of hydrogen-bond acceptors (Lipinski definition) is 8. The van der Waals surface area contributed by atoms with Crippen LogP contribution in [0.15, 0.2) is 29.4 Å². The summed E-state index contributed by atoms with van der Waals surface area (Å²) in [6, 6.07) is 5.58. The van der Waals surface area contributed by atoms with Crippen LogP contribution in [0.3, 0.4) is 0 Å². The zero-order chi connectivity index (χ0) is 18.1. The van der Waals surface area contributed by atoms with E-state index in [0.717, 1.165) is 0 Å². The van der Waals surface area contributed by atoms with E-state index >= 15 is 0 Å². The molecule has 25 heavy (non-hydrogen) atoms. The van der Waals surface area contributed by atoms with Gasteiger partial charge >= 0.3 is 6.03 Å². The van der Waals surface area contributed by atoms with Crippen LogP contribution in [0.25, 0.3) is 0 Å². The number of nitro benzene ring substituents is 1. The molecule has 2 aliphatic heterocycles. The number of aliphatic hydroxyl groups excluding tert-OH is 1. The van der Waals surface area contributed by atoms with Crippen LogP contribution < -0.4 is 4.74 Å². The van der Waals surface area contributed by atoms with Crippen molar-refractivity contribution in [2.24, 2.45) is 5.10 Å². The Kier molecular flexibility index (Phi) is 4.68. The number of carbonyl (C=O) groups is 1. The normalized spacial score (nSPS) is 21.6. The summed E-state index contributed by atoms with van der Waals surface area (Å²) in [6.45, 7) is 1.98. The Bertz CT molecular complexity index is 729. The number of urea groups is 1. The summed E-state index contributed by atoms with van der Waals surface area (Å²) in [6.07, 6.45) is -1.40. The van der Waals surface area contributed by atoms with Gasteiger partial charge in [-0.15, -0.1) is 5.10 Å². The number of carbonyl (C=O) groups excluding carboxylic acids is 1. The summed E-state index contributed by atoms with van der Waals surface area (Å²) < 4.78 is 5.72. The van der Waals surface area contributed by atoms with E-state index in [9.17, 15) is 20.0 Å². The van der Waals surface area contributed by atoms with Gasteiger partial charge in [-0.3, -0.25) is 10.1 Å². The van der Waals surface area contributed by atoms with Crippen molar-refractivity contribution in [1.29, 1.82) is 0 Å². The van der Waals surface area contributed by atoms with Crippen LogP contribution in [-0.4, -0.2) is 67.9 Å². The number of rotatable bonds is 5. The van der Waals surface area contributed by atoms with Gasteiger partial charge in [0.2, 0.25) is 0 Å². The molecule has 2 amide bonds. The number of hydrazine groups is 1. The van der Waals surface area contributed by atoms with Crippen molar-refractivity contribution < 1.29 is 19.6 Å². The molecule has 1 aromatic rings. The maximum Gasteiger partial charge on any atom is 0.342 e. The monoisotopic (exact) mass is 367 g/mol. The first-order valence-electron chi connectivity index (χ1n) is 7.49. The summed E-state index contributed by atoms with van der Waals surface area (Å²) in [5.74, 6) is 0.731. The molecule has 0 radical (unpaired) electrons. The van der Waals surface area contributed by atoms with E-state index in [0.29, 0.717) is 16.7 Å². The quantitative estimate of drug-likeness (QED) is 0.616. The van der Waals surface area contributed by atoms with E-state index in [1.54, 1.807) is 26.1 Å². The third-order valence-corrected chi connectivity index (χ3v) is 4.79. The minimum atomic E-state index is -0.950. The highest BCUT2D eigenvalue weighted by Gasteiger charge is 2.40. The fourth-order valence-corrected chi connectivity index (χ4v) is 3.35. The largest absolute Gasteiger partial charge is 0.484 e. The summed E-state index contributed by atoms with van der Waals surface area (Å²) >= 11 is 1.37. The maximum atomic E-state index is 12.0. The van der Waals surface area contributed by atoms with Crippen LogP contribution in [0, 0.1) is 10.1 Å². The van der Waals surface area contributed by atoms with Gasteiger partial charge in [0.15, 0.2) is 6.23 Å². The van der Waals surface area contributed by atoms with Crippen molar-refractivity contribution in [2.75, 3.05) is 19.5 Å². The van der Waals surface area contributed by atoms with Crippen molar-refractivity contribution in [1.82, 2.24) is 15.0 Å². The molecule has 3 rings (SSSR count). The number of nitro groups is 1. The van der Waals surface area contributed by atoms with Gasteiger partial charge in [-0.25, -0.2) is 4.79 Å². The molecular weight excluding hydrogens is 350 g/mol. The molecule has 1 saturated heterocycles. The van der Waals surface area contributed by atoms with Crippen LogP contribution in [-0.2, 0) is 0 Å². The highest BCUT2D eigenvalue weighted by molar-refractivity contribution is 8.14. The molecular formula is C14H17N5O5S. The third-order valence-electron chi connectivity index (χ3n) is 3.72. The minimum Gasteiger partial charge on any atom is -0.484 e. The number of β-amino-alcohol motifs (C(OH)–C–C–N with tert-alkyl or cyclic N) is 1. The summed E-state index contributed by atoms with van der Waals surface area (Å²) in [4.78, 5) is 23.8. The minimum absolute atomic E-state index is 0.0545. The zero-order valence-corrected chi connectivity index (χ0v) is 14.4. The van der Waals surface area contributed by atoms with E-state index in [-0.39, 0.29) is 18.3 Å². The molecule has 134 valence electrons. The standard InChI is InChI=1S/C14H17N5O5S/c1-9(24-11-5-3-4-10(6-11)19(22)23)13-15-17(8-25-13)18-12(20)7-16(2)14(18)21/h3-6,9,12,20H,7-8H2,1-2H3. The van der Waals surface area contributed by atoms with Crippen LogP contribution in [0.1, 0.15) is 6.92 Å². The smallest absolute Gasteiger partial charge is 0.342 e. The number of nitrogens with zero attached hydrogens (tertiary/aromatic N) is 5. The van der Waals surface area contributed by atoms with Gasteiger partial charge in [0.05, 0.1) is 17.5 Å². The molecule has 1 fully saturated rings. The topological polar surface area (TPSA) is 112 Å². The first-order chi connectivity index (χ1) is 11.9. The molecule has 2 unspecified atom stereocenters. The lowest BCUT2D eigenvalue weighted by Gasteiger charge is -2.26. The first kappa shape index (κ1) is 17.3. The number of hydrogen-bond donors (Lipinski definition) is 1. The number of thioether (sulfide) groups is 1. The maximum absolute atomic E-state index is 12.0. The van der Waals surface area contributed by atoms with E-state index in [2.05, 4.69) is 5.10 Å². The van der Waals surface area contributed by atoms with Crippen LogP contribution in [0.5, 0.6) is 5.75 Å². The Morgan fingerprint density at radius 3 is 2.92 bits per heavy atom. The summed E-state index contributed by atoms with van der Waals surface area (Å²) in [7, 11) is 1.60. The molecule has 1 N–H and O–H groups in total. The van der Waals surface area contributed by atoms with E-state index in [1.165, 1.54) is 38.9 Å². The zero-order valence-electron chi connectivity index (χ0n) is 13.6. The summed E-state index contributed by atoms with van der Waals surface area (Å²) in [5, 5.41) is 28.3. The summed E-state index contributed by atoms with van der Waals surface area (Å²) in [5.41, 5.74) is -0.0545. The highest BCUT2D eigenvalue weighted by atomic mass is 32.2. The lowest BCUT2D eigenvalue weighted by Crippen LogP contribution is -2.44. The van der Waals surface area contributed by atoms with Gasteiger partial charge in [-0.2, -0.15) is 10.1 Å². The fraction of sp³-hybridized carbons (Fsp3) is 0.429. The number of hydrazone groups is 1. The number of non-ortho nitro benzene ring substituents is 1. The van der Waals surface area contributed by atoms with E-state index < -0.39 is 17.3 Å². The molecule has 2 atom stereocenters. The third kappa shape index (κ3) is 3.46. The molecule has 10 nitrogen and oxygen atoms in total. The van der Waals surface area contributed by atoms with Crippen molar-refractivity contribution >= 4 is 28.5 Å². The second kappa shape index (κ2) is 6.76. The number of likely N-dealkylation sites (N-methyl/N-ethyl adjacent to an activating group) is 1. The van der Waals surface area contributed by atoms with Gasteiger partial charge < -0.3 is 14.7 Å². The number of aliphatic hydroxyl groups is 1. The molecule has 0 spiro atoms. The van der Waals surface area contributed by atoms with Gasteiger partial charge in [0.1, 0.15) is 22.8 Å². The lowest BCUT2D eigenvalue weighted by molar-refractivity contribution is -0.384. The van der Waals surface area contributed by atoms with Gasteiger partial charge in [-0.05, 0) is 13.0 Å². The van der Waals surface area contributed by atoms with Crippen LogP contribution >= 0.6 is 11.8 Å². The average molecular weight is 367 g/mol. The average Bonchev–Trinajstić information content (AvgIpc) is 3.13. The Balaban J connectivity index is 1.69. The Morgan fingerprint density at radius 2 is 2.28 bits per heavy atom. The number of ether oxygens (including phenoxy) is 1. The van der Waals surface area contributed by atoms with Crippen molar-refractivity contribution in [3.63, 3.8) is 0 Å². The second-order valence-electron chi connectivity index (χ2n) is 5.59. The second-order valence-corrected chi connectivity index (χ2v) is 6.55. The molecule has 2 aliphatic rings. The molecule has 2 heterocycles. The molecule has 0 aromatic heterocycles. The Morgan fingerprint density at radius 1 is 1.52 bits per heavy atom. The van der Waals surface area contributed by atoms with Gasteiger partial charge in [0, 0.05) is 13.1 Å². The number of benzene rings is 1. The SMILES string of the molecule is CC(Oc1cccc([N+](=O)[O-])c1)C1=NN(N2C(=O)N(C)CC2O)CS1. The predicted octanol–water partition coefficient (Wildman–Crippen LogP) is 1.28.